The van der Waals surface area contributed by atoms with Crippen molar-refractivity contribution < 1.29 is 13.5 Å². The van der Waals surface area contributed by atoms with Gasteiger partial charge >= 0.3 is 0 Å². The van der Waals surface area contributed by atoms with Gasteiger partial charge in [0.15, 0.2) is 5.82 Å². The molecule has 3 rings (SSSR count). The molecule has 1 aliphatic carbocycles. The van der Waals surface area contributed by atoms with E-state index in [4.69, 9.17) is 16.3 Å². The molecule has 2 atom stereocenters. The zero-order chi connectivity index (χ0) is 15.0. The molecule has 1 saturated carbocycles. The molecule has 6 heteroatoms. The Balaban J connectivity index is 2.12. The quantitative estimate of drug-likeness (QED) is 0.802. The van der Waals surface area contributed by atoms with E-state index < -0.39 is 11.6 Å². The van der Waals surface area contributed by atoms with Gasteiger partial charge in [0.1, 0.15) is 17.2 Å². The van der Waals surface area contributed by atoms with Crippen molar-refractivity contribution in [2.75, 3.05) is 13.0 Å². The summed E-state index contributed by atoms with van der Waals surface area (Å²) in [5.41, 5.74) is 0.728. The van der Waals surface area contributed by atoms with E-state index in [1.54, 1.807) is 7.11 Å². The Morgan fingerprint density at radius 2 is 2.19 bits per heavy atom. The Hall–Kier alpha value is -1.20. The molecular formula is C15H17ClF2N2O. The van der Waals surface area contributed by atoms with Crippen molar-refractivity contribution in [3.63, 3.8) is 0 Å². The highest BCUT2D eigenvalue weighted by atomic mass is 35.5. The highest BCUT2D eigenvalue weighted by Gasteiger charge is 2.29. The summed E-state index contributed by atoms with van der Waals surface area (Å²) in [5, 5.41) is 0. The van der Waals surface area contributed by atoms with Crippen LogP contribution in [0.15, 0.2) is 12.1 Å². The summed E-state index contributed by atoms with van der Waals surface area (Å²) in [7, 11) is 1.69. The lowest BCUT2D eigenvalue weighted by molar-refractivity contribution is 0.106. The smallest absolute Gasteiger partial charge is 0.153 e. The van der Waals surface area contributed by atoms with E-state index in [2.05, 4.69) is 4.98 Å². The summed E-state index contributed by atoms with van der Waals surface area (Å²) in [4.78, 5) is 4.33. The van der Waals surface area contributed by atoms with E-state index in [0.29, 0.717) is 23.6 Å². The Morgan fingerprint density at radius 3 is 2.86 bits per heavy atom. The first kappa shape index (κ1) is 14.7. The normalized spacial score (nSPS) is 22.3. The lowest BCUT2D eigenvalue weighted by Gasteiger charge is -2.16. The third kappa shape index (κ3) is 2.64. The average Bonchev–Trinajstić information content (AvgIpc) is 3.03. The molecule has 2 aromatic rings. The molecular weight excluding hydrogens is 298 g/mol. The van der Waals surface area contributed by atoms with Gasteiger partial charge in [-0.2, -0.15) is 0 Å². The number of fused-ring (bicyclic) bond motifs is 1. The summed E-state index contributed by atoms with van der Waals surface area (Å²) >= 11 is 5.82. The Bertz CT molecular complexity index is 659. The molecule has 0 aliphatic heterocycles. The molecule has 114 valence electrons. The van der Waals surface area contributed by atoms with Crippen molar-refractivity contribution >= 4 is 22.6 Å². The molecule has 21 heavy (non-hydrogen) atoms. The number of aryl methyl sites for hydroxylation is 1. The molecule has 0 radical (unpaired) electrons. The predicted octanol–water partition coefficient (Wildman–Crippen LogP) is 3.84. The summed E-state index contributed by atoms with van der Waals surface area (Å²) in [6.07, 6.45) is 3.41. The van der Waals surface area contributed by atoms with Crippen molar-refractivity contribution in [1.29, 1.82) is 0 Å². The third-order valence-corrected chi connectivity index (χ3v) is 4.35. The summed E-state index contributed by atoms with van der Waals surface area (Å²) in [5.74, 6) is -0.0969. The SMILES string of the molecule is COC1CCC(n2c(CCCl)nc3c(F)cc(F)cc32)C1. The van der Waals surface area contributed by atoms with Crippen LogP contribution in [0.2, 0.25) is 0 Å². The van der Waals surface area contributed by atoms with Gasteiger partial charge in [-0.1, -0.05) is 0 Å². The fourth-order valence-electron chi connectivity index (χ4n) is 3.20. The fourth-order valence-corrected chi connectivity index (χ4v) is 3.37. The lowest BCUT2D eigenvalue weighted by atomic mass is 10.2. The number of ether oxygens (including phenoxy) is 1. The van der Waals surface area contributed by atoms with Crippen LogP contribution in [-0.2, 0) is 11.2 Å². The van der Waals surface area contributed by atoms with Gasteiger partial charge in [-0.25, -0.2) is 13.8 Å². The fraction of sp³-hybridized carbons (Fsp3) is 0.533. The first-order valence-corrected chi connectivity index (χ1v) is 7.62. The van der Waals surface area contributed by atoms with E-state index in [-0.39, 0.29) is 17.7 Å². The lowest BCUT2D eigenvalue weighted by Crippen LogP contribution is -2.12. The van der Waals surface area contributed by atoms with E-state index in [1.165, 1.54) is 6.07 Å². The molecule has 1 heterocycles. The predicted molar refractivity (Wildman–Crippen MR) is 77.8 cm³/mol. The summed E-state index contributed by atoms with van der Waals surface area (Å²) in [6.45, 7) is 0. The molecule has 3 nitrogen and oxygen atoms in total. The monoisotopic (exact) mass is 314 g/mol. The van der Waals surface area contributed by atoms with Crippen LogP contribution >= 0.6 is 11.6 Å². The molecule has 0 saturated heterocycles. The number of aromatic nitrogens is 2. The number of methoxy groups -OCH3 is 1. The Kier molecular flexibility index (Phi) is 4.13. The zero-order valence-electron chi connectivity index (χ0n) is 11.8. The van der Waals surface area contributed by atoms with Crippen LogP contribution in [-0.4, -0.2) is 28.6 Å². The number of alkyl halides is 1. The second kappa shape index (κ2) is 5.89. The number of imidazole rings is 1. The number of halogens is 3. The van der Waals surface area contributed by atoms with Crippen molar-refractivity contribution in [3.05, 3.63) is 29.6 Å². The van der Waals surface area contributed by atoms with Gasteiger partial charge in [0.05, 0.1) is 11.6 Å². The first-order valence-electron chi connectivity index (χ1n) is 7.08. The minimum atomic E-state index is -0.624. The van der Waals surface area contributed by atoms with E-state index in [0.717, 1.165) is 25.3 Å². The molecule has 0 bridgehead atoms. The molecule has 1 aliphatic rings. The Morgan fingerprint density at radius 1 is 1.38 bits per heavy atom. The summed E-state index contributed by atoms with van der Waals surface area (Å²) in [6, 6.07) is 2.37. The molecule has 2 unspecified atom stereocenters. The summed E-state index contributed by atoms with van der Waals surface area (Å²) < 4.78 is 34.8. The minimum absolute atomic E-state index is 0.152. The van der Waals surface area contributed by atoms with Gasteiger partial charge in [0, 0.05) is 31.5 Å². The van der Waals surface area contributed by atoms with Crippen molar-refractivity contribution in [2.24, 2.45) is 0 Å². The average molecular weight is 315 g/mol. The highest BCUT2D eigenvalue weighted by molar-refractivity contribution is 6.17. The molecule has 1 aromatic carbocycles. The first-order chi connectivity index (χ1) is 10.1. The van der Waals surface area contributed by atoms with Crippen LogP contribution in [0.3, 0.4) is 0 Å². The van der Waals surface area contributed by atoms with Crippen molar-refractivity contribution in [1.82, 2.24) is 9.55 Å². The standard InChI is InChI=1S/C15H17ClF2N2O/c1-21-11-3-2-10(8-11)20-13-7-9(17)6-12(18)15(13)19-14(20)4-5-16/h6-7,10-11H,2-5,8H2,1H3. The molecule has 0 N–H and O–H groups in total. The van der Waals surface area contributed by atoms with Crippen LogP contribution in [0.5, 0.6) is 0 Å². The van der Waals surface area contributed by atoms with Gasteiger partial charge in [-0.3, -0.25) is 0 Å². The molecule has 1 aromatic heterocycles. The second-order valence-electron chi connectivity index (χ2n) is 5.42. The van der Waals surface area contributed by atoms with Crippen LogP contribution in [0, 0.1) is 11.6 Å². The van der Waals surface area contributed by atoms with Gasteiger partial charge in [-0.15, -0.1) is 11.6 Å². The topological polar surface area (TPSA) is 27.1 Å². The third-order valence-electron chi connectivity index (χ3n) is 4.16. The second-order valence-corrected chi connectivity index (χ2v) is 5.79. The van der Waals surface area contributed by atoms with E-state index in [9.17, 15) is 8.78 Å². The van der Waals surface area contributed by atoms with Crippen LogP contribution in [0.1, 0.15) is 31.1 Å². The van der Waals surface area contributed by atoms with Gasteiger partial charge in [0.25, 0.3) is 0 Å². The maximum atomic E-state index is 13.9. The van der Waals surface area contributed by atoms with Crippen molar-refractivity contribution in [3.8, 4) is 0 Å². The largest absolute Gasteiger partial charge is 0.381 e. The number of hydrogen-bond acceptors (Lipinski definition) is 2. The maximum absolute atomic E-state index is 13.9. The van der Waals surface area contributed by atoms with Crippen LogP contribution in [0.25, 0.3) is 11.0 Å². The number of rotatable bonds is 4. The number of hydrogen-bond donors (Lipinski definition) is 0. The van der Waals surface area contributed by atoms with E-state index in [1.807, 2.05) is 4.57 Å². The molecule has 0 amide bonds. The molecule has 0 spiro atoms. The number of nitrogens with zero attached hydrogens (tertiary/aromatic N) is 2. The van der Waals surface area contributed by atoms with Crippen LogP contribution < -0.4 is 0 Å². The zero-order valence-corrected chi connectivity index (χ0v) is 12.5. The minimum Gasteiger partial charge on any atom is -0.381 e. The van der Waals surface area contributed by atoms with Crippen LogP contribution in [0.4, 0.5) is 8.78 Å². The van der Waals surface area contributed by atoms with Crippen molar-refractivity contribution in [2.45, 2.75) is 37.8 Å². The van der Waals surface area contributed by atoms with E-state index >= 15 is 0 Å². The van der Waals surface area contributed by atoms with Gasteiger partial charge in [0.2, 0.25) is 0 Å². The highest BCUT2D eigenvalue weighted by Crippen LogP contribution is 2.36. The maximum Gasteiger partial charge on any atom is 0.153 e. The van der Waals surface area contributed by atoms with Gasteiger partial charge in [-0.05, 0) is 25.3 Å². The van der Waals surface area contributed by atoms with Gasteiger partial charge < -0.3 is 9.30 Å². The molecule has 1 fully saturated rings. The Labute approximate surface area is 126 Å². The number of benzene rings is 1.